The van der Waals surface area contributed by atoms with Crippen molar-refractivity contribution in [1.82, 2.24) is 4.90 Å². The second-order valence-electron chi connectivity index (χ2n) is 5.43. The van der Waals surface area contributed by atoms with Gasteiger partial charge in [0.1, 0.15) is 0 Å². The molecule has 2 N–H and O–H groups in total. The summed E-state index contributed by atoms with van der Waals surface area (Å²) in [5.74, 6) is 0.602. The number of nitrogens with zero attached hydrogens (tertiary/aromatic N) is 1. The van der Waals surface area contributed by atoms with E-state index in [2.05, 4.69) is 38.8 Å². The molecule has 0 aromatic heterocycles. The molecule has 2 nitrogen and oxygen atoms in total. The van der Waals surface area contributed by atoms with Crippen molar-refractivity contribution in [2.45, 2.75) is 45.7 Å². The van der Waals surface area contributed by atoms with E-state index in [4.69, 9.17) is 17.3 Å². The Morgan fingerprint density at radius 1 is 1.26 bits per heavy atom. The molecule has 0 radical (unpaired) electrons. The molecule has 0 saturated heterocycles. The van der Waals surface area contributed by atoms with Gasteiger partial charge >= 0.3 is 0 Å². The van der Waals surface area contributed by atoms with Crippen LogP contribution in [0.5, 0.6) is 0 Å². The fraction of sp³-hybridized carbons (Fsp3) is 0.625. The van der Waals surface area contributed by atoms with E-state index in [1.165, 1.54) is 18.4 Å². The lowest BCUT2D eigenvalue weighted by atomic mass is 9.93. The van der Waals surface area contributed by atoms with Crippen LogP contribution in [0.15, 0.2) is 24.3 Å². The molecule has 1 aromatic rings. The Labute approximate surface area is 122 Å². The van der Waals surface area contributed by atoms with Gasteiger partial charge in [0.2, 0.25) is 0 Å². The van der Waals surface area contributed by atoms with Crippen LogP contribution >= 0.6 is 11.6 Å². The normalized spacial score (nSPS) is 16.4. The van der Waals surface area contributed by atoms with Crippen LogP contribution in [0.4, 0.5) is 0 Å². The maximum absolute atomic E-state index is 6.29. The molecule has 3 heteroatoms. The molecule has 0 aliphatic carbocycles. The summed E-state index contributed by atoms with van der Waals surface area (Å²) in [5, 5.41) is 0.834. The quantitative estimate of drug-likeness (QED) is 0.816. The third-order valence-corrected chi connectivity index (χ3v) is 4.48. The molecule has 1 rings (SSSR count). The van der Waals surface area contributed by atoms with Crippen molar-refractivity contribution in [3.8, 4) is 0 Å². The molecule has 108 valence electrons. The lowest BCUT2D eigenvalue weighted by molar-refractivity contribution is 0.138. The minimum atomic E-state index is 0.279. The molecule has 0 aliphatic rings. The Kier molecular flexibility index (Phi) is 6.84. The van der Waals surface area contributed by atoms with Crippen molar-refractivity contribution in [2.75, 3.05) is 13.6 Å². The molecule has 0 bridgehead atoms. The molecule has 1 aromatic carbocycles. The summed E-state index contributed by atoms with van der Waals surface area (Å²) in [6.45, 7) is 7.40. The first-order valence-corrected chi connectivity index (χ1v) is 7.57. The van der Waals surface area contributed by atoms with E-state index in [0.29, 0.717) is 18.5 Å². The van der Waals surface area contributed by atoms with Crippen LogP contribution in [-0.2, 0) is 0 Å². The highest BCUT2D eigenvalue weighted by molar-refractivity contribution is 6.31. The molecule has 0 saturated carbocycles. The van der Waals surface area contributed by atoms with Gasteiger partial charge in [-0.15, -0.1) is 0 Å². The van der Waals surface area contributed by atoms with Crippen LogP contribution in [0.3, 0.4) is 0 Å². The van der Waals surface area contributed by atoms with Crippen LogP contribution in [0.2, 0.25) is 5.02 Å². The van der Waals surface area contributed by atoms with Gasteiger partial charge in [-0.1, -0.05) is 50.1 Å². The fourth-order valence-electron chi connectivity index (χ4n) is 2.77. The first kappa shape index (κ1) is 16.5. The summed E-state index contributed by atoms with van der Waals surface area (Å²) in [6.07, 6.45) is 2.41. The van der Waals surface area contributed by atoms with Crippen molar-refractivity contribution >= 4 is 11.6 Å². The number of benzene rings is 1. The summed E-state index contributed by atoms with van der Waals surface area (Å²) in [6, 6.07) is 8.74. The highest BCUT2D eigenvalue weighted by Gasteiger charge is 2.25. The maximum atomic E-state index is 6.29. The van der Waals surface area contributed by atoms with E-state index in [1.807, 2.05) is 18.2 Å². The Morgan fingerprint density at radius 2 is 1.89 bits per heavy atom. The standard InChI is InChI=1S/C16H27ClN2/c1-5-8-12(2)16(11-18)19(4)13(3)14-9-6-7-10-15(14)17/h6-7,9-10,12-13,16H,5,8,11,18H2,1-4H3. The van der Waals surface area contributed by atoms with Crippen LogP contribution in [0, 0.1) is 5.92 Å². The van der Waals surface area contributed by atoms with E-state index in [-0.39, 0.29) is 6.04 Å². The summed E-state index contributed by atoms with van der Waals surface area (Å²) in [5.41, 5.74) is 7.16. The van der Waals surface area contributed by atoms with Crippen LogP contribution in [0.25, 0.3) is 0 Å². The zero-order valence-electron chi connectivity index (χ0n) is 12.6. The maximum Gasteiger partial charge on any atom is 0.0453 e. The average molecular weight is 283 g/mol. The lowest BCUT2D eigenvalue weighted by Gasteiger charge is -2.36. The minimum absolute atomic E-state index is 0.279. The first-order chi connectivity index (χ1) is 9.02. The third-order valence-electron chi connectivity index (χ3n) is 4.13. The SMILES string of the molecule is CCCC(C)C(CN)N(C)C(C)c1ccccc1Cl. The molecule has 3 unspecified atom stereocenters. The number of hydrogen-bond acceptors (Lipinski definition) is 2. The molecule has 0 amide bonds. The number of rotatable bonds is 7. The summed E-state index contributed by atoms with van der Waals surface area (Å²) in [4.78, 5) is 2.36. The lowest BCUT2D eigenvalue weighted by Crippen LogP contribution is -2.43. The second-order valence-corrected chi connectivity index (χ2v) is 5.84. The molecule has 19 heavy (non-hydrogen) atoms. The molecule has 0 heterocycles. The van der Waals surface area contributed by atoms with Crippen LogP contribution in [-0.4, -0.2) is 24.5 Å². The monoisotopic (exact) mass is 282 g/mol. The van der Waals surface area contributed by atoms with Gasteiger partial charge in [-0.2, -0.15) is 0 Å². The molecular weight excluding hydrogens is 256 g/mol. The molecular formula is C16H27ClN2. The van der Waals surface area contributed by atoms with E-state index in [1.54, 1.807) is 0 Å². The third kappa shape index (κ3) is 4.20. The van der Waals surface area contributed by atoms with E-state index >= 15 is 0 Å². The largest absolute Gasteiger partial charge is 0.329 e. The predicted octanol–water partition coefficient (Wildman–Crippen LogP) is 4.10. The van der Waals surface area contributed by atoms with Gasteiger partial charge in [0, 0.05) is 23.7 Å². The summed E-state index contributed by atoms with van der Waals surface area (Å²) in [7, 11) is 2.15. The zero-order valence-corrected chi connectivity index (χ0v) is 13.3. The Balaban J connectivity index is 2.85. The van der Waals surface area contributed by atoms with E-state index in [0.717, 1.165) is 5.02 Å². The van der Waals surface area contributed by atoms with Gasteiger partial charge < -0.3 is 5.73 Å². The molecule has 0 aliphatic heterocycles. The Bertz CT molecular complexity index is 381. The van der Waals surface area contributed by atoms with Crippen molar-refractivity contribution in [3.63, 3.8) is 0 Å². The van der Waals surface area contributed by atoms with Crippen molar-refractivity contribution < 1.29 is 0 Å². The Hall–Kier alpha value is -0.570. The van der Waals surface area contributed by atoms with Gasteiger partial charge in [-0.25, -0.2) is 0 Å². The number of nitrogens with two attached hydrogens (primary N) is 1. The summed E-state index contributed by atoms with van der Waals surface area (Å²) >= 11 is 6.29. The number of hydrogen-bond donors (Lipinski definition) is 1. The number of likely N-dealkylation sites (N-methyl/N-ethyl adjacent to an activating group) is 1. The van der Waals surface area contributed by atoms with Crippen molar-refractivity contribution in [1.29, 1.82) is 0 Å². The topological polar surface area (TPSA) is 29.3 Å². The molecule has 3 atom stereocenters. The van der Waals surface area contributed by atoms with Crippen molar-refractivity contribution in [3.05, 3.63) is 34.9 Å². The van der Waals surface area contributed by atoms with Gasteiger partial charge in [0.05, 0.1) is 0 Å². The van der Waals surface area contributed by atoms with E-state index < -0.39 is 0 Å². The fourth-order valence-corrected chi connectivity index (χ4v) is 3.06. The van der Waals surface area contributed by atoms with Gasteiger partial charge in [-0.3, -0.25) is 4.90 Å². The van der Waals surface area contributed by atoms with Gasteiger partial charge in [-0.05, 0) is 37.9 Å². The zero-order chi connectivity index (χ0) is 14.4. The average Bonchev–Trinajstić information content (AvgIpc) is 2.39. The number of halogens is 1. The molecule has 0 fully saturated rings. The molecule has 0 spiro atoms. The van der Waals surface area contributed by atoms with Crippen LogP contribution < -0.4 is 5.73 Å². The highest BCUT2D eigenvalue weighted by Crippen LogP contribution is 2.29. The smallest absolute Gasteiger partial charge is 0.0453 e. The first-order valence-electron chi connectivity index (χ1n) is 7.19. The second kappa shape index (κ2) is 7.88. The van der Waals surface area contributed by atoms with Crippen LogP contribution in [0.1, 0.15) is 45.2 Å². The predicted molar refractivity (Wildman–Crippen MR) is 84.5 cm³/mol. The van der Waals surface area contributed by atoms with E-state index in [9.17, 15) is 0 Å². The van der Waals surface area contributed by atoms with Gasteiger partial charge in [0.15, 0.2) is 0 Å². The minimum Gasteiger partial charge on any atom is -0.329 e. The van der Waals surface area contributed by atoms with Crippen molar-refractivity contribution in [2.24, 2.45) is 11.7 Å². The summed E-state index contributed by atoms with van der Waals surface area (Å²) < 4.78 is 0. The van der Waals surface area contributed by atoms with Gasteiger partial charge in [0.25, 0.3) is 0 Å². The Morgan fingerprint density at radius 3 is 2.42 bits per heavy atom. The highest BCUT2D eigenvalue weighted by atomic mass is 35.5.